The highest BCUT2D eigenvalue weighted by Gasteiger charge is 2.67. The van der Waals surface area contributed by atoms with Crippen LogP contribution in [0.2, 0.25) is 0 Å². The minimum absolute atomic E-state index is 0.0171. The van der Waals surface area contributed by atoms with Crippen LogP contribution in [0.3, 0.4) is 0 Å². The maximum atomic E-state index is 12.3. The number of rotatable bonds is 2. The first-order chi connectivity index (χ1) is 12.2. The maximum absolute atomic E-state index is 12.3. The molecule has 0 aromatic carbocycles. The number of fused-ring (bicyclic) bond motifs is 5. The van der Waals surface area contributed by atoms with Gasteiger partial charge in [-0.25, -0.2) is 0 Å². The number of aliphatic hydroxyl groups excluding tert-OH is 2. The average molecular weight is 360 g/mol. The van der Waals surface area contributed by atoms with Crippen molar-refractivity contribution in [1.29, 1.82) is 0 Å². The molecule has 7 atom stereocenters. The summed E-state index contributed by atoms with van der Waals surface area (Å²) in [5.74, 6) is -0.190. The van der Waals surface area contributed by atoms with E-state index in [4.69, 9.17) is 0 Å². The van der Waals surface area contributed by atoms with Crippen molar-refractivity contribution < 1.29 is 24.9 Å². The van der Waals surface area contributed by atoms with E-state index < -0.39 is 29.5 Å². The lowest BCUT2D eigenvalue weighted by Crippen LogP contribution is -2.61. The molecule has 5 nitrogen and oxygen atoms in total. The van der Waals surface area contributed by atoms with Gasteiger partial charge in [-0.1, -0.05) is 31.6 Å². The fourth-order valence-corrected chi connectivity index (χ4v) is 6.83. The van der Waals surface area contributed by atoms with Crippen LogP contribution in [0, 0.1) is 28.6 Å². The van der Waals surface area contributed by atoms with Crippen molar-refractivity contribution in [3.05, 3.63) is 23.8 Å². The van der Waals surface area contributed by atoms with Gasteiger partial charge in [-0.05, 0) is 43.6 Å². The van der Waals surface area contributed by atoms with Crippen molar-refractivity contribution in [2.75, 3.05) is 6.61 Å². The van der Waals surface area contributed by atoms with Crippen LogP contribution < -0.4 is 0 Å². The van der Waals surface area contributed by atoms with Crippen LogP contribution in [0.5, 0.6) is 0 Å². The lowest BCUT2D eigenvalue weighted by atomic mass is 9.47. The Balaban J connectivity index is 1.76. The number of carbonyl (C=O) groups is 2. The monoisotopic (exact) mass is 360 g/mol. The molecule has 0 heterocycles. The van der Waals surface area contributed by atoms with Gasteiger partial charge in [0, 0.05) is 23.2 Å². The van der Waals surface area contributed by atoms with Gasteiger partial charge >= 0.3 is 0 Å². The summed E-state index contributed by atoms with van der Waals surface area (Å²) in [6, 6.07) is 0. The third-order valence-electron chi connectivity index (χ3n) is 8.21. The molecule has 0 bridgehead atoms. The Bertz CT molecular complexity index is 724. The van der Waals surface area contributed by atoms with Crippen LogP contribution >= 0.6 is 0 Å². The van der Waals surface area contributed by atoms with Gasteiger partial charge in [0.2, 0.25) is 0 Å². The van der Waals surface area contributed by atoms with Gasteiger partial charge in [0.05, 0.1) is 6.10 Å². The Morgan fingerprint density at radius 2 is 2.08 bits per heavy atom. The summed E-state index contributed by atoms with van der Waals surface area (Å²) in [7, 11) is 0. The Labute approximate surface area is 153 Å². The second kappa shape index (κ2) is 5.60. The van der Waals surface area contributed by atoms with Crippen LogP contribution in [0.15, 0.2) is 23.8 Å². The quantitative estimate of drug-likeness (QED) is 0.650. The van der Waals surface area contributed by atoms with E-state index in [1.807, 2.05) is 13.0 Å². The van der Waals surface area contributed by atoms with Crippen molar-refractivity contribution in [1.82, 2.24) is 0 Å². The topological polar surface area (TPSA) is 94.8 Å². The molecule has 0 aromatic heterocycles. The number of ketones is 2. The zero-order chi connectivity index (χ0) is 18.9. The summed E-state index contributed by atoms with van der Waals surface area (Å²) in [6.07, 6.45) is 7.64. The molecule has 2 saturated carbocycles. The van der Waals surface area contributed by atoms with Crippen LogP contribution in [0.1, 0.15) is 46.0 Å². The van der Waals surface area contributed by atoms with Gasteiger partial charge in [-0.2, -0.15) is 0 Å². The van der Waals surface area contributed by atoms with E-state index in [1.165, 1.54) is 0 Å². The summed E-state index contributed by atoms with van der Waals surface area (Å²) in [6.45, 7) is 3.33. The second-order valence-electron chi connectivity index (χ2n) is 9.19. The smallest absolute Gasteiger partial charge is 0.190 e. The molecule has 0 amide bonds. The van der Waals surface area contributed by atoms with Gasteiger partial charge in [0.25, 0.3) is 0 Å². The number of aliphatic hydroxyl groups is 3. The van der Waals surface area contributed by atoms with Crippen LogP contribution in [0.25, 0.3) is 0 Å². The first-order valence-electron chi connectivity index (χ1n) is 9.63. The lowest BCUT2D eigenvalue weighted by Gasteiger charge is -2.58. The Morgan fingerprint density at radius 3 is 2.77 bits per heavy atom. The van der Waals surface area contributed by atoms with E-state index in [1.54, 1.807) is 6.08 Å². The highest BCUT2D eigenvalue weighted by atomic mass is 16.3. The van der Waals surface area contributed by atoms with Crippen LogP contribution in [0.4, 0.5) is 0 Å². The fraction of sp³-hybridized carbons (Fsp3) is 0.714. The SMILES string of the molecule is CC12C=CC(=O)CC1=CCC1C2C(O)CC2(C)C1CCC2(O)C(=O)CO. The number of hydrogen-bond acceptors (Lipinski definition) is 5. The second-order valence-corrected chi connectivity index (χ2v) is 9.19. The highest BCUT2D eigenvalue weighted by molar-refractivity contribution is 5.93. The fourth-order valence-electron chi connectivity index (χ4n) is 6.83. The molecular formula is C21H28O5. The van der Waals surface area contributed by atoms with E-state index in [0.717, 1.165) is 12.0 Å². The van der Waals surface area contributed by atoms with E-state index in [-0.39, 0.29) is 29.0 Å². The molecule has 0 aliphatic heterocycles. The van der Waals surface area contributed by atoms with Crippen molar-refractivity contribution in [3.63, 3.8) is 0 Å². The molecule has 0 saturated heterocycles. The van der Waals surface area contributed by atoms with Gasteiger partial charge in [0.15, 0.2) is 11.6 Å². The average Bonchev–Trinajstić information content (AvgIpc) is 2.86. The molecule has 142 valence electrons. The van der Waals surface area contributed by atoms with Crippen LogP contribution in [-0.2, 0) is 9.59 Å². The molecule has 4 aliphatic rings. The highest BCUT2D eigenvalue weighted by Crippen LogP contribution is 2.66. The number of carbonyl (C=O) groups excluding carboxylic acids is 2. The zero-order valence-electron chi connectivity index (χ0n) is 15.4. The van der Waals surface area contributed by atoms with E-state index in [0.29, 0.717) is 25.7 Å². The summed E-state index contributed by atoms with van der Waals surface area (Å²) in [5, 5.41) is 31.7. The van der Waals surface area contributed by atoms with Crippen molar-refractivity contribution >= 4 is 11.6 Å². The maximum Gasteiger partial charge on any atom is 0.190 e. The Kier molecular flexibility index (Phi) is 3.89. The first kappa shape index (κ1) is 18.1. The van der Waals surface area contributed by atoms with Crippen molar-refractivity contribution in [3.8, 4) is 0 Å². The molecule has 5 heteroatoms. The van der Waals surface area contributed by atoms with Crippen LogP contribution in [-0.4, -0.2) is 45.2 Å². The predicted molar refractivity (Wildman–Crippen MR) is 95.0 cm³/mol. The normalized spacial score (nSPS) is 49.9. The molecule has 0 radical (unpaired) electrons. The van der Waals surface area contributed by atoms with Gasteiger partial charge in [-0.15, -0.1) is 0 Å². The van der Waals surface area contributed by atoms with Gasteiger partial charge in [-0.3, -0.25) is 9.59 Å². The third kappa shape index (κ3) is 2.08. The number of allylic oxidation sites excluding steroid dienone is 4. The van der Waals surface area contributed by atoms with E-state index in [9.17, 15) is 24.9 Å². The number of Topliss-reactive ketones (excluding diaryl/α,β-unsaturated/α-hetero) is 1. The molecule has 7 unspecified atom stereocenters. The zero-order valence-corrected chi connectivity index (χ0v) is 15.4. The Hall–Kier alpha value is -1.30. The minimum Gasteiger partial charge on any atom is -0.393 e. The molecular weight excluding hydrogens is 332 g/mol. The van der Waals surface area contributed by atoms with Crippen molar-refractivity contribution in [2.45, 2.75) is 57.7 Å². The summed E-state index contributed by atoms with van der Waals surface area (Å²) < 4.78 is 0. The Morgan fingerprint density at radius 1 is 1.35 bits per heavy atom. The molecule has 26 heavy (non-hydrogen) atoms. The van der Waals surface area contributed by atoms with Gasteiger partial charge < -0.3 is 15.3 Å². The van der Waals surface area contributed by atoms with Gasteiger partial charge in [0.1, 0.15) is 12.2 Å². The molecule has 0 spiro atoms. The van der Waals surface area contributed by atoms with E-state index in [2.05, 4.69) is 13.0 Å². The van der Waals surface area contributed by atoms with Crippen molar-refractivity contribution in [2.24, 2.45) is 28.6 Å². The first-order valence-corrected chi connectivity index (χ1v) is 9.63. The summed E-state index contributed by atoms with van der Waals surface area (Å²) >= 11 is 0. The predicted octanol–water partition coefficient (Wildman–Crippen LogP) is 1.56. The molecule has 3 N–H and O–H groups in total. The standard InChI is InChI=1S/C21H28O5/c1-19-7-5-13(23)9-12(19)3-4-14-15-6-8-21(26,17(25)11-22)20(15,2)10-16(24)18(14)19/h3,5,7,14-16,18,22,24,26H,4,6,8-11H2,1-2H3. The largest absolute Gasteiger partial charge is 0.393 e. The summed E-state index contributed by atoms with van der Waals surface area (Å²) in [5.41, 5.74) is -1.56. The summed E-state index contributed by atoms with van der Waals surface area (Å²) in [4.78, 5) is 24.2. The molecule has 4 rings (SSSR count). The number of hydrogen-bond donors (Lipinski definition) is 3. The molecule has 2 fully saturated rings. The molecule has 4 aliphatic carbocycles. The molecule has 0 aromatic rings. The van der Waals surface area contributed by atoms with E-state index >= 15 is 0 Å². The third-order valence-corrected chi connectivity index (χ3v) is 8.21. The minimum atomic E-state index is -1.57. The lowest BCUT2D eigenvalue weighted by molar-refractivity contribution is -0.176.